The predicted octanol–water partition coefficient (Wildman–Crippen LogP) is -2.70. The quantitative estimate of drug-likeness (QED) is 0.145. The maximum Gasteiger partial charge on any atom is 0.326 e. The van der Waals surface area contributed by atoms with Crippen molar-refractivity contribution in [2.24, 2.45) is 11.5 Å². The summed E-state index contributed by atoms with van der Waals surface area (Å²) in [5, 5.41) is 19.6. The van der Waals surface area contributed by atoms with Crippen molar-refractivity contribution in [2.45, 2.75) is 63.1 Å². The topological polar surface area (TPSA) is 206 Å². The van der Waals surface area contributed by atoms with Gasteiger partial charge in [-0.3, -0.25) is 19.2 Å². The Morgan fingerprint density at radius 1 is 1.07 bits per heavy atom. The van der Waals surface area contributed by atoms with Gasteiger partial charge in [-0.05, 0) is 51.6 Å². The molecule has 3 atom stereocenters. The summed E-state index contributed by atoms with van der Waals surface area (Å²) in [6, 6.07) is -2.64. The Bertz CT molecular complexity index is 622. The number of aliphatic carboxylic acids is 1. The number of hydrogen-bond acceptors (Lipinski definition) is 7. The number of primary amides is 1. The summed E-state index contributed by atoms with van der Waals surface area (Å²) in [7, 11) is 0. The van der Waals surface area contributed by atoms with Crippen molar-refractivity contribution in [3.8, 4) is 0 Å². The van der Waals surface area contributed by atoms with Gasteiger partial charge in [-0.2, -0.15) is 0 Å². The summed E-state index contributed by atoms with van der Waals surface area (Å²) in [5.41, 5.74) is 10.5. The van der Waals surface area contributed by atoms with Crippen LogP contribution < -0.4 is 32.7 Å². The number of carboxylic acids is 1. The molecule has 1 saturated heterocycles. The first-order valence-corrected chi connectivity index (χ1v) is 10.1. The van der Waals surface area contributed by atoms with Gasteiger partial charge in [0.2, 0.25) is 23.6 Å². The van der Waals surface area contributed by atoms with Crippen molar-refractivity contribution in [1.82, 2.24) is 21.3 Å². The van der Waals surface area contributed by atoms with E-state index in [2.05, 4.69) is 21.3 Å². The maximum atomic E-state index is 12.5. The Morgan fingerprint density at radius 2 is 1.80 bits per heavy atom. The standard InChI is InChI=1S/C18H32N6O6/c19-8-2-1-4-12(17(28)24-13(18(29)30)6-7-14(20)25)23-15(26)10-22-16(27)11-5-3-9-21-11/h11-13,21H,1-10,19H2,(H2,20,25)(H,22,27)(H,23,26)(H,24,28)(H,29,30). The van der Waals surface area contributed by atoms with Gasteiger partial charge in [0.05, 0.1) is 12.6 Å². The predicted molar refractivity (Wildman–Crippen MR) is 107 cm³/mol. The van der Waals surface area contributed by atoms with Crippen LogP contribution in [0, 0.1) is 0 Å². The molecule has 0 radical (unpaired) electrons. The molecule has 1 rings (SSSR count). The number of carboxylic acid groups (broad SMARTS) is 1. The Balaban J connectivity index is 2.62. The molecular formula is C18H32N6O6. The molecular weight excluding hydrogens is 396 g/mol. The van der Waals surface area contributed by atoms with E-state index in [1.165, 1.54) is 0 Å². The van der Waals surface area contributed by atoms with Gasteiger partial charge in [-0.15, -0.1) is 0 Å². The normalized spacial score (nSPS) is 17.6. The molecule has 0 saturated carbocycles. The fraction of sp³-hybridized carbons (Fsp3) is 0.722. The van der Waals surface area contributed by atoms with Gasteiger partial charge in [-0.25, -0.2) is 4.79 Å². The van der Waals surface area contributed by atoms with E-state index in [4.69, 9.17) is 11.5 Å². The minimum Gasteiger partial charge on any atom is -0.480 e. The van der Waals surface area contributed by atoms with E-state index in [0.29, 0.717) is 25.8 Å². The van der Waals surface area contributed by atoms with E-state index in [0.717, 1.165) is 13.0 Å². The molecule has 0 spiro atoms. The van der Waals surface area contributed by atoms with Crippen LogP contribution in [0.1, 0.15) is 44.9 Å². The van der Waals surface area contributed by atoms with Crippen LogP contribution >= 0.6 is 0 Å². The van der Waals surface area contributed by atoms with E-state index in [1.807, 2.05) is 0 Å². The molecule has 12 nitrogen and oxygen atoms in total. The van der Waals surface area contributed by atoms with Gasteiger partial charge < -0.3 is 37.8 Å². The van der Waals surface area contributed by atoms with Crippen molar-refractivity contribution in [2.75, 3.05) is 19.6 Å². The number of hydrogen-bond donors (Lipinski definition) is 7. The van der Waals surface area contributed by atoms with Crippen LogP contribution in [-0.4, -0.2) is 72.5 Å². The van der Waals surface area contributed by atoms with Crippen molar-refractivity contribution in [1.29, 1.82) is 0 Å². The third kappa shape index (κ3) is 9.65. The highest BCUT2D eigenvalue weighted by atomic mass is 16.4. The first-order chi connectivity index (χ1) is 14.2. The second kappa shape index (κ2) is 13.5. The van der Waals surface area contributed by atoms with Gasteiger partial charge in [0.1, 0.15) is 12.1 Å². The highest BCUT2D eigenvalue weighted by molar-refractivity contribution is 5.92. The molecule has 0 aromatic rings. The fourth-order valence-corrected chi connectivity index (χ4v) is 3.02. The first kappa shape index (κ1) is 25.3. The molecule has 12 heteroatoms. The summed E-state index contributed by atoms with van der Waals surface area (Å²) in [6.45, 7) is 0.846. The Morgan fingerprint density at radius 3 is 2.37 bits per heavy atom. The number of rotatable bonds is 14. The molecule has 3 unspecified atom stereocenters. The summed E-state index contributed by atoms with van der Waals surface area (Å²) in [5.74, 6) is -3.55. The van der Waals surface area contributed by atoms with E-state index in [9.17, 15) is 29.1 Å². The Hall–Kier alpha value is -2.73. The summed E-state index contributed by atoms with van der Waals surface area (Å²) >= 11 is 0. The lowest BCUT2D eigenvalue weighted by Crippen LogP contribution is -2.53. The largest absolute Gasteiger partial charge is 0.480 e. The summed E-state index contributed by atoms with van der Waals surface area (Å²) < 4.78 is 0. The van der Waals surface area contributed by atoms with E-state index in [1.54, 1.807) is 0 Å². The number of carbonyl (C=O) groups is 5. The van der Waals surface area contributed by atoms with Gasteiger partial charge in [0.25, 0.3) is 0 Å². The number of amides is 4. The zero-order valence-electron chi connectivity index (χ0n) is 16.9. The summed E-state index contributed by atoms with van der Waals surface area (Å²) in [4.78, 5) is 59.0. The minimum atomic E-state index is -1.31. The van der Waals surface area contributed by atoms with E-state index >= 15 is 0 Å². The average molecular weight is 428 g/mol. The van der Waals surface area contributed by atoms with E-state index in [-0.39, 0.29) is 37.8 Å². The first-order valence-electron chi connectivity index (χ1n) is 10.1. The second-order valence-electron chi connectivity index (χ2n) is 7.18. The molecule has 1 heterocycles. The number of carbonyl (C=O) groups excluding carboxylic acids is 4. The highest BCUT2D eigenvalue weighted by Crippen LogP contribution is 2.05. The van der Waals surface area contributed by atoms with Crippen molar-refractivity contribution in [3.63, 3.8) is 0 Å². The summed E-state index contributed by atoms with van der Waals surface area (Å²) in [6.07, 6.45) is 2.61. The van der Waals surface area contributed by atoms with Gasteiger partial charge >= 0.3 is 5.97 Å². The minimum absolute atomic E-state index is 0.162. The molecule has 30 heavy (non-hydrogen) atoms. The van der Waals surface area contributed by atoms with Crippen molar-refractivity contribution in [3.05, 3.63) is 0 Å². The molecule has 1 aliphatic heterocycles. The van der Waals surface area contributed by atoms with Gasteiger partial charge in [0, 0.05) is 6.42 Å². The van der Waals surface area contributed by atoms with Crippen LogP contribution in [0.4, 0.5) is 0 Å². The molecule has 0 aromatic heterocycles. The molecule has 1 aliphatic rings. The van der Waals surface area contributed by atoms with Crippen LogP contribution in [0.25, 0.3) is 0 Å². The SMILES string of the molecule is NCCCCC(NC(=O)CNC(=O)C1CCCN1)C(=O)NC(CCC(N)=O)C(=O)O. The highest BCUT2D eigenvalue weighted by Gasteiger charge is 2.27. The number of nitrogens with one attached hydrogen (secondary N) is 4. The van der Waals surface area contributed by atoms with Gasteiger partial charge in [0.15, 0.2) is 0 Å². The Kier molecular flexibility index (Phi) is 11.4. The van der Waals surface area contributed by atoms with Crippen LogP contribution in [-0.2, 0) is 24.0 Å². The lowest BCUT2D eigenvalue weighted by molar-refractivity contribution is -0.142. The lowest BCUT2D eigenvalue weighted by Gasteiger charge is -2.21. The monoisotopic (exact) mass is 428 g/mol. The second-order valence-corrected chi connectivity index (χ2v) is 7.18. The molecule has 0 aliphatic carbocycles. The number of unbranched alkanes of at least 4 members (excludes halogenated alkanes) is 1. The molecule has 0 aromatic carbocycles. The van der Waals surface area contributed by atoms with Crippen molar-refractivity contribution >= 4 is 29.6 Å². The molecule has 9 N–H and O–H groups in total. The Labute approximate surface area is 174 Å². The van der Waals surface area contributed by atoms with E-state index < -0.39 is 35.8 Å². The van der Waals surface area contributed by atoms with Crippen LogP contribution in [0.3, 0.4) is 0 Å². The lowest BCUT2D eigenvalue weighted by atomic mass is 10.1. The third-order valence-corrected chi connectivity index (χ3v) is 4.69. The zero-order valence-corrected chi connectivity index (χ0v) is 16.9. The molecule has 4 amide bonds. The fourth-order valence-electron chi connectivity index (χ4n) is 3.02. The van der Waals surface area contributed by atoms with Crippen LogP contribution in [0.2, 0.25) is 0 Å². The molecule has 170 valence electrons. The van der Waals surface area contributed by atoms with Gasteiger partial charge in [-0.1, -0.05) is 0 Å². The smallest absolute Gasteiger partial charge is 0.326 e. The van der Waals surface area contributed by atoms with Crippen LogP contribution in [0.15, 0.2) is 0 Å². The zero-order chi connectivity index (χ0) is 22.5. The molecule has 1 fully saturated rings. The number of nitrogens with two attached hydrogens (primary N) is 2. The van der Waals surface area contributed by atoms with Crippen LogP contribution in [0.5, 0.6) is 0 Å². The average Bonchev–Trinajstić information content (AvgIpc) is 3.23. The third-order valence-electron chi connectivity index (χ3n) is 4.69. The molecule has 0 bridgehead atoms. The van der Waals surface area contributed by atoms with Crippen molar-refractivity contribution < 1.29 is 29.1 Å². The maximum absolute atomic E-state index is 12.5.